The van der Waals surface area contributed by atoms with Crippen LogP contribution in [0.5, 0.6) is 0 Å². The van der Waals surface area contributed by atoms with Crippen molar-refractivity contribution in [2.45, 2.75) is 13.5 Å². The summed E-state index contributed by atoms with van der Waals surface area (Å²) in [4.78, 5) is 28.7. The SMILES string of the molecule is Cc1cccc(Cn2c(I)nc3c(=O)n(C)c(=O)n(C)c32)c1. The quantitative estimate of drug-likeness (QED) is 0.474. The van der Waals surface area contributed by atoms with E-state index in [0.717, 1.165) is 10.1 Å². The highest BCUT2D eigenvalue weighted by atomic mass is 127. The standard InChI is InChI=1S/C15H15IN4O2/c1-9-5-4-6-10(7-9)8-20-12-11(17-14(20)16)13(21)19(3)15(22)18(12)2/h4-7H,8H2,1-3H3. The van der Waals surface area contributed by atoms with Crippen molar-refractivity contribution in [3.05, 3.63) is 60.1 Å². The third-order valence-corrected chi connectivity index (χ3v) is 4.54. The highest BCUT2D eigenvalue weighted by molar-refractivity contribution is 14.1. The molecule has 0 bridgehead atoms. The normalized spacial score (nSPS) is 11.3. The number of hydrogen-bond acceptors (Lipinski definition) is 3. The van der Waals surface area contributed by atoms with E-state index < -0.39 is 0 Å². The Labute approximate surface area is 140 Å². The van der Waals surface area contributed by atoms with Crippen LogP contribution in [0.3, 0.4) is 0 Å². The summed E-state index contributed by atoms with van der Waals surface area (Å²) in [6.45, 7) is 2.60. The summed E-state index contributed by atoms with van der Waals surface area (Å²) < 4.78 is 5.14. The molecule has 0 atom stereocenters. The maximum absolute atomic E-state index is 12.2. The van der Waals surface area contributed by atoms with Crippen molar-refractivity contribution in [3.8, 4) is 0 Å². The van der Waals surface area contributed by atoms with E-state index in [4.69, 9.17) is 0 Å². The lowest BCUT2D eigenvalue weighted by Crippen LogP contribution is -2.37. The molecule has 7 heteroatoms. The minimum absolute atomic E-state index is 0.321. The monoisotopic (exact) mass is 410 g/mol. The van der Waals surface area contributed by atoms with Gasteiger partial charge in [0, 0.05) is 36.7 Å². The number of halogens is 1. The van der Waals surface area contributed by atoms with Crippen molar-refractivity contribution in [3.63, 3.8) is 0 Å². The van der Waals surface area contributed by atoms with Gasteiger partial charge in [0.1, 0.15) is 0 Å². The summed E-state index contributed by atoms with van der Waals surface area (Å²) in [6, 6.07) is 8.13. The molecule has 6 nitrogen and oxygen atoms in total. The number of nitrogens with zero attached hydrogens (tertiary/aromatic N) is 4. The highest BCUT2D eigenvalue weighted by Crippen LogP contribution is 2.16. The van der Waals surface area contributed by atoms with Crippen LogP contribution in [-0.2, 0) is 20.6 Å². The third-order valence-electron chi connectivity index (χ3n) is 3.72. The lowest BCUT2D eigenvalue weighted by molar-refractivity contribution is 0.684. The van der Waals surface area contributed by atoms with Crippen molar-refractivity contribution in [1.82, 2.24) is 18.7 Å². The number of imidazole rings is 1. The fourth-order valence-electron chi connectivity index (χ4n) is 2.60. The molecule has 0 aliphatic heterocycles. The summed E-state index contributed by atoms with van der Waals surface area (Å²) in [5.41, 5.74) is 2.44. The van der Waals surface area contributed by atoms with Crippen LogP contribution in [-0.4, -0.2) is 18.7 Å². The van der Waals surface area contributed by atoms with Gasteiger partial charge in [-0.2, -0.15) is 0 Å². The predicted octanol–water partition coefficient (Wildman–Crippen LogP) is 1.40. The van der Waals surface area contributed by atoms with Gasteiger partial charge in [0.25, 0.3) is 5.56 Å². The molecule has 0 aliphatic rings. The van der Waals surface area contributed by atoms with Crippen LogP contribution < -0.4 is 11.2 Å². The second-order valence-electron chi connectivity index (χ2n) is 5.33. The zero-order chi connectivity index (χ0) is 16.0. The predicted molar refractivity (Wildman–Crippen MR) is 93.2 cm³/mol. The summed E-state index contributed by atoms with van der Waals surface area (Å²) in [6.07, 6.45) is 0. The molecule has 0 amide bonds. The maximum atomic E-state index is 12.2. The second kappa shape index (κ2) is 5.38. The van der Waals surface area contributed by atoms with Crippen LogP contribution in [0.2, 0.25) is 0 Å². The largest absolute Gasteiger partial charge is 0.332 e. The Kier molecular flexibility index (Phi) is 3.67. The molecule has 2 aromatic heterocycles. The van der Waals surface area contributed by atoms with E-state index in [1.165, 1.54) is 17.2 Å². The van der Waals surface area contributed by atoms with E-state index in [1.54, 1.807) is 7.05 Å². The fourth-order valence-corrected chi connectivity index (χ4v) is 3.24. The molecule has 3 aromatic rings. The summed E-state index contributed by atoms with van der Waals surface area (Å²) in [5.74, 6) is 0. The number of aryl methyl sites for hydroxylation is 2. The van der Waals surface area contributed by atoms with Gasteiger partial charge in [-0.15, -0.1) is 0 Å². The van der Waals surface area contributed by atoms with E-state index in [-0.39, 0.29) is 11.2 Å². The van der Waals surface area contributed by atoms with E-state index in [9.17, 15) is 9.59 Å². The Hall–Kier alpha value is -1.90. The third kappa shape index (κ3) is 2.29. The van der Waals surface area contributed by atoms with Crippen LogP contribution in [0, 0.1) is 10.8 Å². The molecule has 0 radical (unpaired) electrons. The van der Waals surface area contributed by atoms with E-state index >= 15 is 0 Å². The van der Waals surface area contributed by atoms with Crippen molar-refractivity contribution < 1.29 is 0 Å². The zero-order valence-corrected chi connectivity index (χ0v) is 14.7. The molecule has 3 rings (SSSR count). The number of hydrogen-bond donors (Lipinski definition) is 0. The van der Waals surface area contributed by atoms with Crippen LogP contribution in [0.25, 0.3) is 11.2 Å². The Balaban J connectivity index is 2.29. The maximum Gasteiger partial charge on any atom is 0.332 e. The van der Waals surface area contributed by atoms with E-state index in [0.29, 0.717) is 21.5 Å². The average molecular weight is 410 g/mol. The van der Waals surface area contributed by atoms with Gasteiger partial charge in [0.05, 0.1) is 6.54 Å². The molecule has 0 aliphatic carbocycles. The Morgan fingerprint density at radius 1 is 1.18 bits per heavy atom. The summed E-state index contributed by atoms with van der Waals surface area (Å²) in [7, 11) is 3.13. The molecule has 2 heterocycles. The van der Waals surface area contributed by atoms with Crippen LogP contribution in [0.4, 0.5) is 0 Å². The van der Waals surface area contributed by atoms with Crippen LogP contribution in [0.15, 0.2) is 33.9 Å². The van der Waals surface area contributed by atoms with Gasteiger partial charge < -0.3 is 4.57 Å². The Bertz CT molecular complexity index is 997. The summed E-state index contributed by atoms with van der Waals surface area (Å²) in [5, 5.41) is 0. The topological polar surface area (TPSA) is 61.8 Å². The van der Waals surface area contributed by atoms with Gasteiger partial charge in [0.15, 0.2) is 15.0 Å². The van der Waals surface area contributed by atoms with E-state index in [2.05, 4.69) is 33.6 Å². The van der Waals surface area contributed by atoms with Crippen LogP contribution in [0.1, 0.15) is 11.1 Å². The van der Waals surface area contributed by atoms with Gasteiger partial charge in [-0.1, -0.05) is 29.8 Å². The average Bonchev–Trinajstić information content (AvgIpc) is 2.80. The molecule has 0 unspecified atom stereocenters. The van der Waals surface area contributed by atoms with Gasteiger partial charge in [-0.25, -0.2) is 9.78 Å². The molecule has 22 heavy (non-hydrogen) atoms. The molecule has 0 saturated heterocycles. The molecule has 0 fully saturated rings. The number of fused-ring (bicyclic) bond motifs is 1. The first kappa shape index (κ1) is 15.0. The first-order chi connectivity index (χ1) is 10.4. The van der Waals surface area contributed by atoms with Gasteiger partial charge >= 0.3 is 5.69 Å². The smallest absolute Gasteiger partial charge is 0.301 e. The minimum Gasteiger partial charge on any atom is -0.301 e. The fraction of sp³-hybridized carbons (Fsp3) is 0.267. The first-order valence-electron chi connectivity index (χ1n) is 6.77. The van der Waals surface area contributed by atoms with Crippen molar-refractivity contribution in [1.29, 1.82) is 0 Å². The molecule has 1 aromatic carbocycles. The van der Waals surface area contributed by atoms with Gasteiger partial charge in [-0.05, 0) is 12.5 Å². The molecular formula is C15H15IN4O2. The van der Waals surface area contributed by atoms with Crippen molar-refractivity contribution in [2.24, 2.45) is 14.1 Å². The second-order valence-corrected chi connectivity index (χ2v) is 6.30. The minimum atomic E-state index is -0.362. The molecule has 0 N–H and O–H groups in total. The number of aromatic nitrogens is 4. The Morgan fingerprint density at radius 2 is 1.91 bits per heavy atom. The Morgan fingerprint density at radius 3 is 2.59 bits per heavy atom. The molecule has 0 saturated carbocycles. The molecule has 0 spiro atoms. The zero-order valence-electron chi connectivity index (χ0n) is 12.5. The van der Waals surface area contributed by atoms with Gasteiger partial charge in [0.2, 0.25) is 0 Å². The van der Waals surface area contributed by atoms with E-state index in [1.807, 2.05) is 29.7 Å². The summed E-state index contributed by atoms with van der Waals surface area (Å²) >= 11 is 2.09. The first-order valence-corrected chi connectivity index (χ1v) is 7.85. The van der Waals surface area contributed by atoms with Crippen LogP contribution >= 0.6 is 22.6 Å². The lowest BCUT2D eigenvalue weighted by Gasteiger charge is -2.10. The van der Waals surface area contributed by atoms with Crippen molar-refractivity contribution in [2.75, 3.05) is 0 Å². The lowest BCUT2D eigenvalue weighted by atomic mass is 10.1. The molecule has 114 valence electrons. The molecular weight excluding hydrogens is 395 g/mol. The van der Waals surface area contributed by atoms with Crippen molar-refractivity contribution >= 4 is 33.8 Å². The highest BCUT2D eigenvalue weighted by Gasteiger charge is 2.17. The number of benzene rings is 1. The number of rotatable bonds is 2. The van der Waals surface area contributed by atoms with Gasteiger partial charge in [-0.3, -0.25) is 13.9 Å².